The van der Waals surface area contributed by atoms with E-state index in [2.05, 4.69) is 17.9 Å². The quantitative estimate of drug-likeness (QED) is 0.842. The summed E-state index contributed by atoms with van der Waals surface area (Å²) >= 11 is 0. The highest BCUT2D eigenvalue weighted by Gasteiger charge is 2.24. The van der Waals surface area contributed by atoms with Gasteiger partial charge in [-0.05, 0) is 24.0 Å². The van der Waals surface area contributed by atoms with Crippen molar-refractivity contribution in [2.45, 2.75) is 26.0 Å². The van der Waals surface area contributed by atoms with Crippen molar-refractivity contribution < 1.29 is 5.11 Å². The lowest BCUT2D eigenvalue weighted by molar-refractivity contribution is 0.0320. The van der Waals surface area contributed by atoms with E-state index < -0.39 is 0 Å². The number of benzene rings is 1. The van der Waals surface area contributed by atoms with Gasteiger partial charge in [0.1, 0.15) is 0 Å². The molecule has 1 saturated heterocycles. The first-order valence-corrected chi connectivity index (χ1v) is 6.09. The van der Waals surface area contributed by atoms with Gasteiger partial charge >= 0.3 is 0 Å². The summed E-state index contributed by atoms with van der Waals surface area (Å²) in [7, 11) is 0. The predicted molar refractivity (Wildman–Crippen MR) is 66.2 cm³/mol. The molecule has 0 bridgehead atoms. The summed E-state index contributed by atoms with van der Waals surface area (Å²) < 4.78 is 0. The molecular formula is C14H18N2O. The second-order valence-electron chi connectivity index (χ2n) is 4.84. The van der Waals surface area contributed by atoms with E-state index in [0.717, 1.165) is 37.2 Å². The van der Waals surface area contributed by atoms with Crippen molar-refractivity contribution in [2.24, 2.45) is 5.92 Å². The van der Waals surface area contributed by atoms with Crippen molar-refractivity contribution in [1.82, 2.24) is 4.90 Å². The average molecular weight is 230 g/mol. The van der Waals surface area contributed by atoms with Crippen LogP contribution in [0.4, 0.5) is 0 Å². The van der Waals surface area contributed by atoms with Gasteiger partial charge in [-0.25, -0.2) is 0 Å². The third kappa shape index (κ3) is 2.85. The van der Waals surface area contributed by atoms with Gasteiger partial charge in [0.05, 0.1) is 17.7 Å². The number of likely N-dealkylation sites (tertiary alicyclic amines) is 1. The van der Waals surface area contributed by atoms with Crippen LogP contribution in [0.15, 0.2) is 24.3 Å². The van der Waals surface area contributed by atoms with Gasteiger partial charge in [-0.3, -0.25) is 4.90 Å². The van der Waals surface area contributed by atoms with E-state index in [9.17, 15) is 5.11 Å². The Morgan fingerprint density at radius 1 is 1.47 bits per heavy atom. The second-order valence-corrected chi connectivity index (χ2v) is 4.84. The molecule has 1 N–H and O–H groups in total. The molecule has 0 saturated carbocycles. The van der Waals surface area contributed by atoms with Gasteiger partial charge < -0.3 is 5.11 Å². The Morgan fingerprint density at radius 2 is 2.24 bits per heavy atom. The van der Waals surface area contributed by atoms with Crippen molar-refractivity contribution in [1.29, 1.82) is 5.26 Å². The Morgan fingerprint density at radius 3 is 2.94 bits per heavy atom. The molecule has 17 heavy (non-hydrogen) atoms. The van der Waals surface area contributed by atoms with Crippen molar-refractivity contribution in [3.63, 3.8) is 0 Å². The van der Waals surface area contributed by atoms with Crippen LogP contribution in [0.25, 0.3) is 0 Å². The molecular weight excluding hydrogens is 212 g/mol. The number of rotatable bonds is 2. The Bertz CT molecular complexity index is 424. The largest absolute Gasteiger partial charge is 0.393 e. The summed E-state index contributed by atoms with van der Waals surface area (Å²) in [4.78, 5) is 2.31. The molecule has 0 aromatic heterocycles. The summed E-state index contributed by atoms with van der Waals surface area (Å²) in [5.41, 5.74) is 1.84. The first-order chi connectivity index (χ1) is 8.20. The van der Waals surface area contributed by atoms with Gasteiger partial charge in [-0.2, -0.15) is 5.26 Å². The molecule has 3 heteroatoms. The Balaban J connectivity index is 2.04. The summed E-state index contributed by atoms with van der Waals surface area (Å²) in [6.07, 6.45) is 0.660. The zero-order valence-corrected chi connectivity index (χ0v) is 10.1. The van der Waals surface area contributed by atoms with Gasteiger partial charge in [-0.1, -0.05) is 25.1 Å². The highest BCUT2D eigenvalue weighted by molar-refractivity contribution is 5.37. The van der Waals surface area contributed by atoms with Crippen LogP contribution in [-0.2, 0) is 6.54 Å². The summed E-state index contributed by atoms with van der Waals surface area (Å²) in [5, 5.41) is 18.7. The monoisotopic (exact) mass is 230 g/mol. The molecule has 1 heterocycles. The van der Waals surface area contributed by atoms with Gasteiger partial charge in [0, 0.05) is 19.6 Å². The standard InChI is InChI=1S/C14H18N2O/c1-11-9-16(7-6-14(11)17)10-13-5-3-2-4-12(13)8-15/h2-5,11,14,17H,6-7,9-10H2,1H3. The molecule has 0 amide bonds. The Hall–Kier alpha value is -1.37. The van der Waals surface area contributed by atoms with E-state index in [1.165, 1.54) is 0 Å². The lowest BCUT2D eigenvalue weighted by atomic mass is 9.96. The zero-order chi connectivity index (χ0) is 12.3. The highest BCUT2D eigenvalue weighted by Crippen LogP contribution is 2.19. The molecule has 1 fully saturated rings. The fraction of sp³-hybridized carbons (Fsp3) is 0.500. The molecule has 3 nitrogen and oxygen atoms in total. The molecule has 1 aliphatic heterocycles. The molecule has 2 atom stereocenters. The second kappa shape index (κ2) is 5.31. The van der Waals surface area contributed by atoms with Crippen LogP contribution in [0.1, 0.15) is 24.5 Å². The third-order valence-electron chi connectivity index (χ3n) is 3.48. The van der Waals surface area contributed by atoms with E-state index in [0.29, 0.717) is 5.92 Å². The van der Waals surface area contributed by atoms with Crippen molar-refractivity contribution >= 4 is 0 Å². The molecule has 1 aliphatic rings. The lowest BCUT2D eigenvalue weighted by Crippen LogP contribution is -2.41. The smallest absolute Gasteiger partial charge is 0.0995 e. The SMILES string of the molecule is CC1CN(Cc2ccccc2C#N)CCC1O. The number of hydrogen-bond donors (Lipinski definition) is 1. The van der Waals surface area contributed by atoms with E-state index >= 15 is 0 Å². The summed E-state index contributed by atoms with van der Waals surface area (Å²) in [5.74, 6) is 0.318. The predicted octanol–water partition coefficient (Wildman–Crippen LogP) is 1.76. The van der Waals surface area contributed by atoms with E-state index in [1.807, 2.05) is 24.3 Å². The number of nitriles is 1. The maximum atomic E-state index is 9.68. The minimum atomic E-state index is -0.169. The number of hydrogen-bond acceptors (Lipinski definition) is 3. The number of piperidine rings is 1. The van der Waals surface area contributed by atoms with Crippen LogP contribution in [0, 0.1) is 17.2 Å². The highest BCUT2D eigenvalue weighted by atomic mass is 16.3. The molecule has 2 unspecified atom stereocenters. The van der Waals surface area contributed by atoms with Crippen molar-refractivity contribution in [3.05, 3.63) is 35.4 Å². The molecule has 0 radical (unpaired) electrons. The minimum Gasteiger partial charge on any atom is -0.393 e. The van der Waals surface area contributed by atoms with Crippen LogP contribution in [0.2, 0.25) is 0 Å². The van der Waals surface area contributed by atoms with Crippen molar-refractivity contribution in [3.8, 4) is 6.07 Å². The van der Waals surface area contributed by atoms with Crippen LogP contribution < -0.4 is 0 Å². The van der Waals surface area contributed by atoms with E-state index in [4.69, 9.17) is 5.26 Å². The molecule has 1 aromatic rings. The van der Waals surface area contributed by atoms with Crippen LogP contribution >= 0.6 is 0 Å². The number of nitrogens with zero attached hydrogens (tertiary/aromatic N) is 2. The van der Waals surface area contributed by atoms with Crippen LogP contribution in [-0.4, -0.2) is 29.2 Å². The fourth-order valence-corrected chi connectivity index (χ4v) is 2.37. The Kier molecular flexibility index (Phi) is 3.78. The van der Waals surface area contributed by atoms with Crippen LogP contribution in [0.3, 0.4) is 0 Å². The summed E-state index contributed by atoms with van der Waals surface area (Å²) in [6.45, 7) is 4.69. The first-order valence-electron chi connectivity index (χ1n) is 6.09. The van der Waals surface area contributed by atoms with Crippen molar-refractivity contribution in [2.75, 3.05) is 13.1 Å². The molecule has 90 valence electrons. The molecule has 0 aliphatic carbocycles. The molecule has 0 spiro atoms. The van der Waals surface area contributed by atoms with E-state index in [1.54, 1.807) is 0 Å². The van der Waals surface area contributed by atoms with Crippen LogP contribution in [0.5, 0.6) is 0 Å². The maximum Gasteiger partial charge on any atom is 0.0995 e. The number of aliphatic hydroxyl groups is 1. The third-order valence-corrected chi connectivity index (χ3v) is 3.48. The lowest BCUT2D eigenvalue weighted by Gasteiger charge is -2.34. The normalized spacial score (nSPS) is 25.5. The first kappa shape index (κ1) is 12.1. The van der Waals surface area contributed by atoms with Gasteiger partial charge in [0.15, 0.2) is 0 Å². The van der Waals surface area contributed by atoms with Gasteiger partial charge in [-0.15, -0.1) is 0 Å². The zero-order valence-electron chi connectivity index (χ0n) is 10.1. The topological polar surface area (TPSA) is 47.3 Å². The summed E-state index contributed by atoms with van der Waals surface area (Å²) in [6, 6.07) is 9.96. The number of aliphatic hydroxyl groups excluding tert-OH is 1. The molecule has 1 aromatic carbocycles. The fourth-order valence-electron chi connectivity index (χ4n) is 2.37. The minimum absolute atomic E-state index is 0.169. The Labute approximate surface area is 102 Å². The molecule has 2 rings (SSSR count). The maximum absolute atomic E-state index is 9.68. The van der Waals surface area contributed by atoms with Gasteiger partial charge in [0.25, 0.3) is 0 Å². The van der Waals surface area contributed by atoms with Gasteiger partial charge in [0.2, 0.25) is 0 Å². The van der Waals surface area contributed by atoms with E-state index in [-0.39, 0.29) is 6.10 Å². The average Bonchev–Trinajstić information content (AvgIpc) is 2.34.